The number of aliphatic hydroxyl groups is 1. The van der Waals surface area contributed by atoms with Gasteiger partial charge in [-0.2, -0.15) is 15.2 Å². The summed E-state index contributed by atoms with van der Waals surface area (Å²) in [6.45, 7) is 4.72. The number of fused-ring (bicyclic) bond motifs is 1. The molecule has 0 unspecified atom stereocenters. The molecule has 0 aliphatic carbocycles. The van der Waals surface area contributed by atoms with Crippen LogP contribution in [0.5, 0.6) is 5.75 Å². The molecule has 0 saturated carbocycles. The first-order chi connectivity index (χ1) is 19.5. The molecule has 5 N–H and O–H groups in total. The van der Waals surface area contributed by atoms with Crippen LogP contribution in [0.2, 0.25) is 0 Å². The van der Waals surface area contributed by atoms with E-state index < -0.39 is 11.7 Å². The molecule has 0 bridgehead atoms. The highest BCUT2D eigenvalue weighted by molar-refractivity contribution is 6.45. The average molecular weight is 545 g/mol. The number of Topliss-reactive ketones (excluding diaryl/α,β-unsaturated/α-hetero) is 1. The third-order valence-corrected chi connectivity index (χ3v) is 6.67. The van der Waals surface area contributed by atoms with Crippen molar-refractivity contribution < 1.29 is 19.4 Å². The number of anilines is 1. The van der Waals surface area contributed by atoms with Crippen molar-refractivity contribution in [3.8, 4) is 17.1 Å². The third-order valence-electron chi connectivity index (χ3n) is 6.67. The Morgan fingerprint density at radius 2 is 1.93 bits per heavy atom. The first kappa shape index (κ1) is 26.4. The number of ether oxygens (including phenoxy) is 1. The molecule has 14 nitrogen and oxygen atoms in total. The van der Waals surface area contributed by atoms with Crippen molar-refractivity contribution in [3.05, 3.63) is 60.0 Å². The summed E-state index contributed by atoms with van der Waals surface area (Å²) in [7, 11) is 1.46. The van der Waals surface area contributed by atoms with Crippen LogP contribution >= 0.6 is 0 Å². The van der Waals surface area contributed by atoms with E-state index in [-0.39, 0.29) is 25.3 Å². The molecule has 1 fully saturated rings. The number of piperazine rings is 1. The summed E-state index contributed by atoms with van der Waals surface area (Å²) in [5.41, 5.74) is 2.81. The SMILES string of the molecule is C=NN(/C(=N\N)N1CCN(C(=O)C(=O)c2c[nH]c3c(-c4cc(CO)[nH]n4)ncc(OC)c23)CC1)c1ccccc1. The van der Waals surface area contributed by atoms with Gasteiger partial charge >= 0.3 is 0 Å². The molecule has 5 rings (SSSR count). The lowest BCUT2D eigenvalue weighted by Crippen LogP contribution is -2.55. The minimum absolute atomic E-state index is 0.163. The van der Waals surface area contributed by atoms with Crippen LogP contribution in [0, 0.1) is 0 Å². The van der Waals surface area contributed by atoms with Gasteiger partial charge in [0, 0.05) is 39.1 Å². The number of amides is 1. The number of methoxy groups -OCH3 is 1. The van der Waals surface area contributed by atoms with Gasteiger partial charge in [-0.15, -0.1) is 5.10 Å². The minimum Gasteiger partial charge on any atom is -0.494 e. The van der Waals surface area contributed by atoms with Crippen molar-refractivity contribution in [2.24, 2.45) is 16.0 Å². The van der Waals surface area contributed by atoms with Crippen LogP contribution in [0.25, 0.3) is 22.3 Å². The number of aromatic amines is 2. The van der Waals surface area contributed by atoms with Crippen molar-refractivity contribution in [3.63, 3.8) is 0 Å². The van der Waals surface area contributed by atoms with Gasteiger partial charge in [-0.25, -0.2) is 4.98 Å². The van der Waals surface area contributed by atoms with Crippen LogP contribution in [-0.4, -0.2) is 92.7 Å². The zero-order chi connectivity index (χ0) is 28.2. The van der Waals surface area contributed by atoms with Crippen LogP contribution in [0.3, 0.4) is 0 Å². The number of para-hydroxylation sites is 1. The number of H-pyrrole nitrogens is 2. The lowest BCUT2D eigenvalue weighted by atomic mass is 10.1. The molecule has 40 heavy (non-hydrogen) atoms. The standard InChI is InChI=1S/C26H28N10O4/c1-28-36(17-6-4-3-5-7-17)26(31-27)35-10-8-34(9-11-35)25(39)24(38)18-13-29-23-21(18)20(40-2)14-30-22(23)19-12-16(15-37)32-33-19/h3-7,12-14,29,37H,1,8-11,15,27H2,2H3,(H,32,33)/b31-26-. The number of guanidine groups is 1. The van der Waals surface area contributed by atoms with E-state index >= 15 is 0 Å². The Morgan fingerprint density at radius 1 is 1.20 bits per heavy atom. The monoisotopic (exact) mass is 544 g/mol. The number of hydrazone groups is 2. The van der Waals surface area contributed by atoms with Gasteiger partial charge < -0.3 is 30.5 Å². The molecule has 14 heteroatoms. The number of pyridine rings is 1. The second-order valence-corrected chi connectivity index (χ2v) is 8.89. The van der Waals surface area contributed by atoms with E-state index in [0.29, 0.717) is 52.8 Å². The Bertz CT molecular complexity index is 1570. The maximum atomic E-state index is 13.5. The van der Waals surface area contributed by atoms with Crippen molar-refractivity contribution in [2.45, 2.75) is 6.61 Å². The molecule has 206 valence electrons. The third kappa shape index (κ3) is 4.71. The number of hydrogen-bond donors (Lipinski definition) is 4. The van der Waals surface area contributed by atoms with Gasteiger partial charge in [-0.05, 0) is 18.2 Å². The van der Waals surface area contributed by atoms with Gasteiger partial charge in [-0.1, -0.05) is 18.2 Å². The number of nitrogens with zero attached hydrogens (tertiary/aromatic N) is 7. The molecular weight excluding hydrogens is 516 g/mol. The maximum Gasteiger partial charge on any atom is 0.295 e. The molecule has 1 saturated heterocycles. The van der Waals surface area contributed by atoms with Crippen LogP contribution in [0.4, 0.5) is 5.69 Å². The highest BCUT2D eigenvalue weighted by atomic mass is 16.5. The van der Waals surface area contributed by atoms with Crippen LogP contribution in [0.1, 0.15) is 16.1 Å². The molecule has 4 aromatic rings. The second-order valence-electron chi connectivity index (χ2n) is 8.89. The molecule has 1 aromatic carbocycles. The number of carbonyl (C=O) groups excluding carboxylic acids is 2. The van der Waals surface area contributed by atoms with Crippen molar-refractivity contribution in [2.75, 3.05) is 38.3 Å². The van der Waals surface area contributed by atoms with E-state index in [0.717, 1.165) is 5.69 Å². The fraction of sp³-hybridized carbons (Fsp3) is 0.231. The normalized spacial score (nSPS) is 13.9. The molecule has 3 aromatic heterocycles. The van der Waals surface area contributed by atoms with Gasteiger partial charge in [-0.3, -0.25) is 14.7 Å². The summed E-state index contributed by atoms with van der Waals surface area (Å²) < 4.78 is 5.46. The summed E-state index contributed by atoms with van der Waals surface area (Å²) in [6.07, 6.45) is 2.94. The van der Waals surface area contributed by atoms with E-state index in [2.05, 4.69) is 37.1 Å². The molecule has 1 amide bonds. The predicted octanol–water partition coefficient (Wildman–Crippen LogP) is 1.13. The van der Waals surface area contributed by atoms with Crippen molar-refractivity contribution in [1.82, 2.24) is 30.0 Å². The summed E-state index contributed by atoms with van der Waals surface area (Å²) in [5.74, 6) is 5.10. The van der Waals surface area contributed by atoms with Crippen molar-refractivity contribution in [1.29, 1.82) is 0 Å². The number of ketones is 1. The summed E-state index contributed by atoms with van der Waals surface area (Å²) >= 11 is 0. The van der Waals surface area contributed by atoms with Crippen molar-refractivity contribution >= 4 is 41.0 Å². The van der Waals surface area contributed by atoms with Crippen LogP contribution in [0.15, 0.2) is 59.0 Å². The molecule has 0 atom stereocenters. The van der Waals surface area contributed by atoms with Crippen LogP contribution < -0.4 is 15.6 Å². The van der Waals surface area contributed by atoms with E-state index in [9.17, 15) is 14.7 Å². The number of rotatable bonds is 7. The molecule has 0 spiro atoms. The van der Waals surface area contributed by atoms with Gasteiger partial charge in [0.1, 0.15) is 17.1 Å². The highest BCUT2D eigenvalue weighted by Crippen LogP contribution is 2.34. The van der Waals surface area contributed by atoms with E-state index in [1.54, 1.807) is 6.07 Å². The average Bonchev–Trinajstić information content (AvgIpc) is 3.67. The Kier molecular flexibility index (Phi) is 7.41. The first-order valence-corrected chi connectivity index (χ1v) is 12.4. The number of benzene rings is 1. The van der Waals surface area contributed by atoms with Gasteiger partial charge in [0.15, 0.2) is 0 Å². The van der Waals surface area contributed by atoms with E-state index in [1.807, 2.05) is 35.2 Å². The number of aliphatic hydroxyl groups excluding tert-OH is 1. The van der Waals surface area contributed by atoms with E-state index in [1.165, 1.54) is 29.4 Å². The second kappa shape index (κ2) is 11.2. The molecule has 1 aliphatic rings. The topological polar surface area (TPSA) is 181 Å². The zero-order valence-electron chi connectivity index (χ0n) is 21.7. The lowest BCUT2D eigenvalue weighted by molar-refractivity contribution is -0.127. The maximum absolute atomic E-state index is 13.5. The van der Waals surface area contributed by atoms with E-state index in [4.69, 9.17) is 10.6 Å². The number of nitrogens with two attached hydrogens (primary N) is 1. The fourth-order valence-corrected chi connectivity index (χ4v) is 4.68. The Balaban J connectivity index is 1.35. The number of nitrogens with one attached hydrogen (secondary N) is 2. The first-order valence-electron chi connectivity index (χ1n) is 12.4. The predicted molar refractivity (Wildman–Crippen MR) is 149 cm³/mol. The van der Waals surface area contributed by atoms with Gasteiger partial charge in [0.25, 0.3) is 11.7 Å². The zero-order valence-corrected chi connectivity index (χ0v) is 21.7. The van der Waals surface area contributed by atoms with Crippen LogP contribution in [-0.2, 0) is 11.4 Å². The van der Waals surface area contributed by atoms with Gasteiger partial charge in [0.2, 0.25) is 5.96 Å². The fourth-order valence-electron chi connectivity index (χ4n) is 4.68. The smallest absolute Gasteiger partial charge is 0.295 e. The number of carbonyl (C=O) groups is 2. The lowest BCUT2D eigenvalue weighted by Gasteiger charge is -2.37. The molecule has 1 aliphatic heterocycles. The minimum atomic E-state index is -0.681. The largest absolute Gasteiger partial charge is 0.494 e. The summed E-state index contributed by atoms with van der Waals surface area (Å²) in [5, 5.41) is 26.2. The summed E-state index contributed by atoms with van der Waals surface area (Å²) in [4.78, 5) is 37.6. The Morgan fingerprint density at radius 3 is 2.55 bits per heavy atom. The molecule has 4 heterocycles. The summed E-state index contributed by atoms with van der Waals surface area (Å²) in [6, 6.07) is 11.0. The molecule has 0 radical (unpaired) electrons. The Labute approximate surface area is 228 Å². The molecular formula is C26H28N10O4. The van der Waals surface area contributed by atoms with Gasteiger partial charge in [0.05, 0.1) is 47.8 Å². The quantitative estimate of drug-likeness (QED) is 0.0662. The Hall–Kier alpha value is -5.24. The number of hydrogen-bond acceptors (Lipinski definition) is 9. The number of aromatic nitrogens is 4. The highest BCUT2D eigenvalue weighted by Gasteiger charge is 2.32.